The molecule has 0 aliphatic carbocycles. The van der Waals surface area contributed by atoms with E-state index in [9.17, 15) is 0 Å². The van der Waals surface area contributed by atoms with Gasteiger partial charge in [-0.2, -0.15) is 0 Å². The highest BCUT2D eigenvalue weighted by Crippen LogP contribution is 2.50. The maximum atomic E-state index is 5.86. The average molecular weight is 345 g/mol. The van der Waals surface area contributed by atoms with E-state index in [1.807, 2.05) is 12.1 Å². The van der Waals surface area contributed by atoms with Crippen molar-refractivity contribution in [3.05, 3.63) is 12.1 Å². The van der Waals surface area contributed by atoms with Gasteiger partial charge >= 0.3 is 0 Å². The predicted octanol–water partition coefficient (Wildman–Crippen LogP) is 3.13. The maximum absolute atomic E-state index is 5.86. The Kier molecular flexibility index (Phi) is 3.63. The van der Waals surface area contributed by atoms with Gasteiger partial charge in [0.1, 0.15) is 13.2 Å². The fourth-order valence-electron chi connectivity index (χ4n) is 3.28. The van der Waals surface area contributed by atoms with E-state index in [4.69, 9.17) is 28.4 Å². The van der Waals surface area contributed by atoms with Gasteiger partial charge in [0, 0.05) is 10.8 Å². The molecule has 1 N–H and O–H groups in total. The molecule has 2 aromatic carbocycles. The van der Waals surface area contributed by atoms with Crippen molar-refractivity contribution in [1.29, 1.82) is 0 Å². The van der Waals surface area contributed by atoms with Crippen LogP contribution in [0.15, 0.2) is 12.1 Å². The normalized spacial score (nSPS) is 13.1. The van der Waals surface area contributed by atoms with Crippen LogP contribution in [-0.4, -0.2) is 46.6 Å². The topological polar surface area (TPSA) is 71.2 Å². The molecule has 0 bridgehead atoms. The summed E-state index contributed by atoms with van der Waals surface area (Å²) in [6.07, 6.45) is 0. The van der Waals surface area contributed by atoms with E-state index in [2.05, 4.69) is 4.98 Å². The highest BCUT2D eigenvalue weighted by atomic mass is 16.6. The fourth-order valence-corrected chi connectivity index (χ4v) is 3.28. The molecular formula is C18H19NO6. The number of rotatable bonds is 4. The monoisotopic (exact) mass is 345 g/mol. The zero-order valence-electron chi connectivity index (χ0n) is 14.5. The van der Waals surface area contributed by atoms with Crippen LogP contribution < -0.4 is 28.4 Å². The number of aromatic amines is 1. The largest absolute Gasteiger partial charge is 0.493 e. The molecule has 4 rings (SSSR count). The molecule has 132 valence electrons. The van der Waals surface area contributed by atoms with Crippen LogP contribution in [0.5, 0.6) is 34.5 Å². The predicted molar refractivity (Wildman–Crippen MR) is 93.0 cm³/mol. The van der Waals surface area contributed by atoms with E-state index in [1.165, 1.54) is 0 Å². The molecule has 1 aromatic heterocycles. The van der Waals surface area contributed by atoms with Gasteiger partial charge in [-0.25, -0.2) is 0 Å². The third-order valence-corrected chi connectivity index (χ3v) is 4.37. The minimum atomic E-state index is 0.481. The van der Waals surface area contributed by atoms with Crippen LogP contribution in [0.4, 0.5) is 0 Å². The Morgan fingerprint density at radius 3 is 1.96 bits per heavy atom. The minimum absolute atomic E-state index is 0.481. The van der Waals surface area contributed by atoms with Crippen molar-refractivity contribution in [2.24, 2.45) is 0 Å². The third kappa shape index (κ3) is 2.12. The maximum Gasteiger partial charge on any atom is 0.205 e. The summed E-state index contributed by atoms with van der Waals surface area (Å²) in [7, 11) is 6.38. The fraction of sp³-hybridized carbons (Fsp3) is 0.333. The van der Waals surface area contributed by atoms with Gasteiger partial charge < -0.3 is 33.4 Å². The number of fused-ring (bicyclic) bond motifs is 5. The molecule has 0 atom stereocenters. The van der Waals surface area contributed by atoms with E-state index >= 15 is 0 Å². The summed E-state index contributed by atoms with van der Waals surface area (Å²) < 4.78 is 33.6. The second-order valence-electron chi connectivity index (χ2n) is 5.55. The molecular weight excluding hydrogens is 326 g/mol. The Morgan fingerprint density at radius 2 is 1.32 bits per heavy atom. The van der Waals surface area contributed by atoms with Gasteiger partial charge in [-0.15, -0.1) is 0 Å². The van der Waals surface area contributed by atoms with Gasteiger partial charge in [-0.05, 0) is 12.1 Å². The zero-order chi connectivity index (χ0) is 17.6. The van der Waals surface area contributed by atoms with Gasteiger partial charge in [0.2, 0.25) is 11.5 Å². The number of hydrogen-bond donors (Lipinski definition) is 1. The van der Waals surface area contributed by atoms with Crippen LogP contribution >= 0.6 is 0 Å². The molecule has 0 saturated carbocycles. The Bertz CT molecular complexity index is 903. The smallest absolute Gasteiger partial charge is 0.205 e. The first-order valence-electron chi connectivity index (χ1n) is 7.84. The highest BCUT2D eigenvalue weighted by Gasteiger charge is 2.26. The molecule has 0 unspecified atom stereocenters. The van der Waals surface area contributed by atoms with Gasteiger partial charge in [0.25, 0.3) is 0 Å². The summed E-state index contributed by atoms with van der Waals surface area (Å²) in [5.41, 5.74) is 1.61. The summed E-state index contributed by atoms with van der Waals surface area (Å²) in [4.78, 5) is 3.38. The van der Waals surface area contributed by atoms with Crippen molar-refractivity contribution in [3.63, 3.8) is 0 Å². The van der Waals surface area contributed by atoms with Crippen LogP contribution in [0.2, 0.25) is 0 Å². The average Bonchev–Trinajstić information content (AvgIpc) is 3.03. The first-order valence-corrected chi connectivity index (χ1v) is 7.84. The summed E-state index contributed by atoms with van der Waals surface area (Å²) in [6, 6.07) is 3.83. The summed E-state index contributed by atoms with van der Waals surface area (Å²) >= 11 is 0. The van der Waals surface area contributed by atoms with Gasteiger partial charge in [-0.3, -0.25) is 0 Å². The number of methoxy groups -OCH3 is 4. The lowest BCUT2D eigenvalue weighted by atomic mass is 10.1. The lowest BCUT2D eigenvalue weighted by molar-refractivity contribution is 0.167. The van der Waals surface area contributed by atoms with Crippen molar-refractivity contribution >= 4 is 21.8 Å². The number of hydrogen-bond acceptors (Lipinski definition) is 6. The number of ether oxygens (including phenoxy) is 6. The summed E-state index contributed by atoms with van der Waals surface area (Å²) in [5.74, 6) is 3.54. The molecule has 0 spiro atoms. The zero-order valence-corrected chi connectivity index (χ0v) is 14.5. The van der Waals surface area contributed by atoms with Crippen molar-refractivity contribution in [2.45, 2.75) is 0 Å². The Balaban J connectivity index is 2.15. The molecule has 0 saturated heterocycles. The van der Waals surface area contributed by atoms with Gasteiger partial charge in [0.05, 0.1) is 39.5 Å². The Labute approximate surface area is 144 Å². The molecule has 3 aromatic rings. The molecule has 1 aliphatic heterocycles. The second kappa shape index (κ2) is 5.84. The quantitative estimate of drug-likeness (QED) is 0.783. The SMILES string of the molecule is COc1cc2c([nH]c3c4c(c(OC)cc32)OCCO4)c(OC)c1OC. The van der Waals surface area contributed by atoms with Crippen molar-refractivity contribution < 1.29 is 28.4 Å². The number of aromatic nitrogens is 1. The van der Waals surface area contributed by atoms with E-state index in [1.54, 1.807) is 28.4 Å². The summed E-state index contributed by atoms with van der Waals surface area (Å²) in [5, 5.41) is 1.84. The molecule has 2 heterocycles. The lowest BCUT2D eigenvalue weighted by Gasteiger charge is -2.21. The lowest BCUT2D eigenvalue weighted by Crippen LogP contribution is -2.16. The molecule has 0 fully saturated rings. The van der Waals surface area contributed by atoms with Crippen LogP contribution in [0.3, 0.4) is 0 Å². The van der Waals surface area contributed by atoms with Crippen molar-refractivity contribution in [1.82, 2.24) is 4.98 Å². The number of H-pyrrole nitrogens is 1. The second-order valence-corrected chi connectivity index (χ2v) is 5.55. The first kappa shape index (κ1) is 15.6. The molecule has 7 heteroatoms. The third-order valence-electron chi connectivity index (χ3n) is 4.37. The van der Waals surface area contributed by atoms with Crippen molar-refractivity contribution in [3.8, 4) is 34.5 Å². The Hall–Kier alpha value is -2.96. The standard InChI is InChI=1S/C18H19NO6/c1-20-11-7-9-10-8-12(21-2)16-18(25-6-5-24-16)14(10)19-13(9)17(23-4)15(11)22-3/h7-8,19H,5-6H2,1-4H3. The molecule has 1 aliphatic rings. The van der Waals surface area contributed by atoms with Crippen LogP contribution in [0, 0.1) is 0 Å². The highest BCUT2D eigenvalue weighted by molar-refractivity contribution is 6.13. The number of benzene rings is 2. The van der Waals surface area contributed by atoms with Crippen LogP contribution in [0.1, 0.15) is 0 Å². The Morgan fingerprint density at radius 1 is 0.720 bits per heavy atom. The number of nitrogens with one attached hydrogen (secondary N) is 1. The summed E-state index contributed by atoms with van der Waals surface area (Å²) in [6.45, 7) is 0.967. The van der Waals surface area contributed by atoms with E-state index < -0.39 is 0 Å². The van der Waals surface area contributed by atoms with Gasteiger partial charge in [0.15, 0.2) is 23.0 Å². The first-order chi connectivity index (χ1) is 12.2. The van der Waals surface area contributed by atoms with E-state index in [-0.39, 0.29) is 0 Å². The minimum Gasteiger partial charge on any atom is -0.493 e. The van der Waals surface area contributed by atoms with Crippen molar-refractivity contribution in [2.75, 3.05) is 41.7 Å². The van der Waals surface area contributed by atoms with Gasteiger partial charge in [-0.1, -0.05) is 0 Å². The van der Waals surface area contributed by atoms with E-state index in [0.717, 1.165) is 21.8 Å². The van der Waals surface area contributed by atoms with E-state index in [0.29, 0.717) is 47.7 Å². The van der Waals surface area contributed by atoms with Crippen LogP contribution in [0.25, 0.3) is 21.8 Å². The van der Waals surface area contributed by atoms with Crippen LogP contribution in [-0.2, 0) is 0 Å². The molecule has 25 heavy (non-hydrogen) atoms. The molecule has 7 nitrogen and oxygen atoms in total. The molecule has 0 amide bonds. The molecule has 0 radical (unpaired) electrons.